The Morgan fingerprint density at radius 1 is 1.07 bits per heavy atom. The largest absolute Gasteiger partial charge is 0.438 e. The number of carbonyl (C=O) groups is 1. The Kier molecular flexibility index (Phi) is 8.44. The van der Waals surface area contributed by atoms with Gasteiger partial charge in [-0.25, -0.2) is 19.3 Å². The molecule has 1 amide bonds. The Morgan fingerprint density at radius 3 is 2.60 bits per heavy atom. The topological polar surface area (TPSA) is 95.5 Å². The summed E-state index contributed by atoms with van der Waals surface area (Å²) in [6.45, 7) is 1.15. The summed E-state index contributed by atoms with van der Waals surface area (Å²) in [6.07, 6.45) is -0.761. The zero-order chi connectivity index (χ0) is 30.7. The van der Waals surface area contributed by atoms with Crippen molar-refractivity contribution >= 4 is 23.2 Å². The molecule has 2 aromatic heterocycles. The normalized spacial score (nSPS) is 15.1. The number of alkyl halides is 3. The van der Waals surface area contributed by atoms with Crippen molar-refractivity contribution in [3.05, 3.63) is 83.9 Å². The number of likely N-dealkylation sites (N-methyl/N-ethyl adjacent to an activating group) is 1. The number of amides is 1. The smallest absolute Gasteiger partial charge is 0.416 e. The van der Waals surface area contributed by atoms with Gasteiger partial charge in [-0.1, -0.05) is 0 Å². The highest BCUT2D eigenvalue weighted by Gasteiger charge is 2.33. The summed E-state index contributed by atoms with van der Waals surface area (Å²) in [7, 11) is 5.55. The summed E-state index contributed by atoms with van der Waals surface area (Å²) >= 11 is 0. The van der Waals surface area contributed by atoms with Crippen LogP contribution in [0.4, 0.5) is 34.9 Å². The van der Waals surface area contributed by atoms with Crippen molar-refractivity contribution in [2.24, 2.45) is 0 Å². The monoisotopic (exact) mass is 595 g/mol. The van der Waals surface area contributed by atoms with Gasteiger partial charge in [0, 0.05) is 38.6 Å². The molecule has 9 nitrogen and oxygen atoms in total. The van der Waals surface area contributed by atoms with Crippen LogP contribution in [0.3, 0.4) is 0 Å². The molecule has 0 bridgehead atoms. The molecule has 0 aliphatic carbocycles. The minimum absolute atomic E-state index is 0.0685. The number of benzene rings is 2. The first kappa shape index (κ1) is 29.7. The van der Waals surface area contributed by atoms with Gasteiger partial charge in [0.1, 0.15) is 11.6 Å². The minimum atomic E-state index is -4.63. The van der Waals surface area contributed by atoms with E-state index in [2.05, 4.69) is 25.6 Å². The van der Waals surface area contributed by atoms with E-state index in [0.29, 0.717) is 36.0 Å². The van der Waals surface area contributed by atoms with Gasteiger partial charge in [-0.2, -0.15) is 13.2 Å². The molecule has 13 heteroatoms. The van der Waals surface area contributed by atoms with Gasteiger partial charge in [0.15, 0.2) is 0 Å². The van der Waals surface area contributed by atoms with Gasteiger partial charge in [0.2, 0.25) is 11.8 Å². The predicted molar refractivity (Wildman–Crippen MR) is 155 cm³/mol. The Balaban J connectivity index is 1.44. The first-order chi connectivity index (χ1) is 20.5. The van der Waals surface area contributed by atoms with Gasteiger partial charge >= 0.3 is 6.18 Å². The van der Waals surface area contributed by atoms with E-state index in [9.17, 15) is 22.4 Å². The third-order valence-corrected chi connectivity index (χ3v) is 7.13. The van der Waals surface area contributed by atoms with E-state index in [4.69, 9.17) is 4.74 Å². The molecule has 2 N–H and O–H groups in total. The lowest BCUT2D eigenvalue weighted by molar-refractivity contribution is -0.137. The van der Waals surface area contributed by atoms with E-state index in [1.807, 2.05) is 23.9 Å². The van der Waals surface area contributed by atoms with Crippen LogP contribution in [0.25, 0.3) is 11.3 Å². The molecule has 1 aliphatic heterocycles. The third-order valence-electron chi connectivity index (χ3n) is 7.13. The fourth-order valence-corrected chi connectivity index (χ4v) is 4.81. The molecule has 0 saturated carbocycles. The van der Waals surface area contributed by atoms with Crippen LogP contribution in [0.2, 0.25) is 0 Å². The number of aromatic nitrogens is 3. The van der Waals surface area contributed by atoms with Crippen molar-refractivity contribution in [1.82, 2.24) is 19.9 Å². The van der Waals surface area contributed by atoms with Gasteiger partial charge in [-0.15, -0.1) is 0 Å². The Bertz CT molecular complexity index is 1630. The van der Waals surface area contributed by atoms with E-state index in [-0.39, 0.29) is 23.4 Å². The molecule has 5 rings (SSSR count). The fraction of sp³-hybridized carbons (Fsp3) is 0.267. The molecule has 224 valence electrons. The van der Waals surface area contributed by atoms with Crippen LogP contribution in [0.1, 0.15) is 22.3 Å². The van der Waals surface area contributed by atoms with Gasteiger partial charge in [0.25, 0.3) is 5.91 Å². The fourth-order valence-electron chi connectivity index (χ4n) is 4.81. The van der Waals surface area contributed by atoms with Gasteiger partial charge in [-0.3, -0.25) is 4.79 Å². The molecule has 0 radical (unpaired) electrons. The first-order valence-corrected chi connectivity index (χ1v) is 13.4. The summed E-state index contributed by atoms with van der Waals surface area (Å²) in [5.41, 5.74) is 0.0419. The maximum Gasteiger partial charge on any atom is 0.416 e. The van der Waals surface area contributed by atoms with E-state index in [1.165, 1.54) is 24.4 Å². The van der Waals surface area contributed by atoms with Crippen molar-refractivity contribution in [1.29, 1.82) is 0 Å². The molecule has 4 aromatic rings. The van der Waals surface area contributed by atoms with Crippen LogP contribution in [-0.4, -0.2) is 66.0 Å². The lowest BCUT2D eigenvalue weighted by Gasteiger charge is -2.25. The van der Waals surface area contributed by atoms with Crippen LogP contribution < -0.4 is 20.3 Å². The second-order valence-corrected chi connectivity index (χ2v) is 10.2. The highest BCUT2D eigenvalue weighted by atomic mass is 19.4. The van der Waals surface area contributed by atoms with E-state index in [0.717, 1.165) is 24.6 Å². The van der Waals surface area contributed by atoms with Crippen LogP contribution in [-0.2, 0) is 6.18 Å². The van der Waals surface area contributed by atoms with Crippen LogP contribution in [0, 0.1) is 5.82 Å². The van der Waals surface area contributed by atoms with Crippen molar-refractivity contribution in [3.8, 4) is 22.9 Å². The number of halogens is 4. The minimum Gasteiger partial charge on any atom is -0.438 e. The number of anilines is 3. The average molecular weight is 596 g/mol. The zero-order valence-corrected chi connectivity index (χ0v) is 23.6. The Labute approximate surface area is 245 Å². The number of nitrogens with one attached hydrogen (secondary N) is 2. The number of carbonyl (C=O) groups excluding carboxylic acids is 1. The Morgan fingerprint density at radius 2 is 1.88 bits per heavy atom. The lowest BCUT2D eigenvalue weighted by atomic mass is 10.1. The molecule has 0 spiro atoms. The predicted octanol–water partition coefficient (Wildman–Crippen LogP) is 5.92. The van der Waals surface area contributed by atoms with E-state index in [1.54, 1.807) is 31.4 Å². The second kappa shape index (κ2) is 12.2. The van der Waals surface area contributed by atoms with Gasteiger partial charge in [0.05, 0.1) is 33.8 Å². The molecular weight excluding hydrogens is 566 g/mol. The summed E-state index contributed by atoms with van der Waals surface area (Å²) in [5.74, 6) is -1.18. The third kappa shape index (κ3) is 6.67. The number of hydrogen-bond donors (Lipinski definition) is 2. The first-order valence-electron chi connectivity index (χ1n) is 13.4. The SMILES string of the molecule is CNc1nccc(-c2cccnc2Oc2ccc(F)c(C(=O)Nc3cc(C(F)(F)F)ccc3N3CCC(N(C)C)C3)c2)n1. The number of hydrogen-bond acceptors (Lipinski definition) is 8. The molecular formula is C30H29F4N7O2. The molecule has 1 fully saturated rings. The second-order valence-electron chi connectivity index (χ2n) is 10.2. The summed E-state index contributed by atoms with van der Waals surface area (Å²) in [6, 6.07) is 12.0. The maximum absolute atomic E-state index is 14.9. The molecule has 1 atom stereocenters. The van der Waals surface area contributed by atoms with Crippen LogP contribution >= 0.6 is 0 Å². The molecule has 1 aliphatic rings. The molecule has 1 unspecified atom stereocenters. The Hall–Kier alpha value is -4.78. The standard InChI is InChI=1S/C30H29F4N7O2/c1-35-29-37-13-10-24(39-29)21-5-4-12-36-28(21)43-20-7-8-23(31)22(16-20)27(42)38-25-15-18(30(32,33)34)6-9-26(25)41-14-11-19(17-41)40(2)3/h4-10,12-13,15-16,19H,11,14,17H2,1-3H3,(H,38,42)(H,35,37,39). The van der Waals surface area contributed by atoms with Crippen LogP contribution in [0.15, 0.2) is 67.0 Å². The average Bonchev–Trinajstić information content (AvgIpc) is 3.48. The maximum atomic E-state index is 14.9. The number of ether oxygens (including phenoxy) is 1. The van der Waals surface area contributed by atoms with Crippen molar-refractivity contribution < 1.29 is 27.1 Å². The van der Waals surface area contributed by atoms with Gasteiger partial charge in [-0.05, 0) is 75.1 Å². The highest BCUT2D eigenvalue weighted by Crippen LogP contribution is 2.37. The molecule has 43 heavy (non-hydrogen) atoms. The van der Waals surface area contributed by atoms with E-state index < -0.39 is 29.0 Å². The summed E-state index contributed by atoms with van der Waals surface area (Å²) < 4.78 is 61.7. The quantitative estimate of drug-likeness (QED) is 0.243. The van der Waals surface area contributed by atoms with E-state index >= 15 is 0 Å². The number of pyridine rings is 1. The molecule has 3 heterocycles. The van der Waals surface area contributed by atoms with Crippen molar-refractivity contribution in [3.63, 3.8) is 0 Å². The van der Waals surface area contributed by atoms with Gasteiger partial charge < -0.3 is 25.2 Å². The van der Waals surface area contributed by atoms with Crippen molar-refractivity contribution in [2.75, 3.05) is 49.8 Å². The lowest BCUT2D eigenvalue weighted by Crippen LogP contribution is -2.31. The van der Waals surface area contributed by atoms with Crippen molar-refractivity contribution in [2.45, 2.75) is 18.6 Å². The molecule has 2 aromatic carbocycles. The zero-order valence-electron chi connectivity index (χ0n) is 23.6. The number of rotatable bonds is 8. The molecule has 1 saturated heterocycles. The van der Waals surface area contributed by atoms with Crippen LogP contribution in [0.5, 0.6) is 11.6 Å². The number of nitrogens with zero attached hydrogens (tertiary/aromatic N) is 5. The summed E-state index contributed by atoms with van der Waals surface area (Å²) in [4.78, 5) is 30.1. The highest BCUT2D eigenvalue weighted by molar-refractivity contribution is 6.06. The summed E-state index contributed by atoms with van der Waals surface area (Å²) in [5, 5.41) is 5.37.